The van der Waals surface area contributed by atoms with Gasteiger partial charge in [0, 0.05) is 12.6 Å². The summed E-state index contributed by atoms with van der Waals surface area (Å²) < 4.78 is 5.38. The number of anilines is 1. The second-order valence-electron chi connectivity index (χ2n) is 6.58. The molecule has 0 heterocycles. The topological polar surface area (TPSA) is 84.5 Å². The maximum absolute atomic E-state index is 12.5. The molecule has 0 bridgehead atoms. The highest BCUT2D eigenvalue weighted by Crippen LogP contribution is 2.17. The number of benzene rings is 2. The zero-order valence-electron chi connectivity index (χ0n) is 15.7. The summed E-state index contributed by atoms with van der Waals surface area (Å²) in [6, 6.07) is 15.0. The maximum Gasteiger partial charge on any atom is 0.334 e. The van der Waals surface area contributed by atoms with E-state index in [1.165, 1.54) is 6.92 Å². The number of nitrogens with one attached hydrogen (secondary N) is 2. The average Bonchev–Trinajstić information content (AvgIpc) is 2.61. The molecular weight excluding hydrogens is 344 g/mol. The summed E-state index contributed by atoms with van der Waals surface area (Å²) in [6.45, 7) is 5.10. The van der Waals surface area contributed by atoms with Gasteiger partial charge in [0.05, 0.1) is 6.42 Å². The molecule has 0 aliphatic carbocycles. The van der Waals surface area contributed by atoms with Crippen LogP contribution in [0.4, 0.5) is 5.69 Å². The highest BCUT2D eigenvalue weighted by Gasteiger charge is 2.26. The Balaban J connectivity index is 1.97. The van der Waals surface area contributed by atoms with Crippen molar-refractivity contribution in [2.75, 3.05) is 5.32 Å². The van der Waals surface area contributed by atoms with Gasteiger partial charge in [-0.25, -0.2) is 4.79 Å². The Labute approximate surface area is 158 Å². The molecule has 2 rings (SSSR count). The normalized spacial score (nSPS) is 11.6. The molecule has 6 heteroatoms. The van der Waals surface area contributed by atoms with Crippen molar-refractivity contribution >= 4 is 23.5 Å². The quantitative estimate of drug-likeness (QED) is 0.581. The Bertz CT molecular complexity index is 786. The van der Waals surface area contributed by atoms with Crippen molar-refractivity contribution in [3.63, 3.8) is 0 Å². The molecule has 1 atom stereocenters. The van der Waals surface area contributed by atoms with Gasteiger partial charge in [0.15, 0.2) is 0 Å². The van der Waals surface area contributed by atoms with Crippen LogP contribution in [0.1, 0.15) is 26.3 Å². The molecule has 0 radical (unpaired) electrons. The first-order valence-electron chi connectivity index (χ1n) is 8.78. The lowest BCUT2D eigenvalue weighted by Gasteiger charge is -2.21. The van der Waals surface area contributed by atoms with Crippen molar-refractivity contribution in [3.8, 4) is 5.75 Å². The number of hydrogen-bond acceptors (Lipinski definition) is 4. The van der Waals surface area contributed by atoms with E-state index in [2.05, 4.69) is 10.6 Å². The van der Waals surface area contributed by atoms with E-state index >= 15 is 0 Å². The molecule has 0 aliphatic rings. The van der Waals surface area contributed by atoms with Crippen LogP contribution in [0.25, 0.3) is 0 Å². The predicted molar refractivity (Wildman–Crippen MR) is 103 cm³/mol. The Kier molecular flexibility index (Phi) is 7.11. The first-order valence-corrected chi connectivity index (χ1v) is 8.78. The number of hydrogen-bond donors (Lipinski definition) is 2. The molecule has 2 amide bonds. The van der Waals surface area contributed by atoms with E-state index < -0.39 is 12.0 Å². The van der Waals surface area contributed by atoms with Crippen LogP contribution in [0.2, 0.25) is 0 Å². The Hall–Kier alpha value is -3.15. The summed E-state index contributed by atoms with van der Waals surface area (Å²) in [5.41, 5.74) is 1.48. The third-order valence-electron chi connectivity index (χ3n) is 3.84. The standard InChI is InChI=1S/C21H24N2O4/c1-14(2)20(23-19(25)13-16-7-5-4-6-8-16)21(26)27-18-11-9-17(10-12-18)22-15(3)24/h4-12,14,20H,13H2,1-3H3,(H,22,24)(H,23,25)/t20-/m0/s1. The molecule has 0 aromatic heterocycles. The van der Waals surface area contributed by atoms with Gasteiger partial charge >= 0.3 is 5.97 Å². The van der Waals surface area contributed by atoms with Crippen LogP contribution in [-0.4, -0.2) is 23.8 Å². The van der Waals surface area contributed by atoms with Gasteiger partial charge in [0.2, 0.25) is 11.8 Å². The first kappa shape index (κ1) is 20.2. The maximum atomic E-state index is 12.5. The molecule has 0 saturated carbocycles. The highest BCUT2D eigenvalue weighted by molar-refractivity contribution is 5.89. The van der Waals surface area contributed by atoms with Gasteiger partial charge in [-0.15, -0.1) is 0 Å². The number of rotatable bonds is 7. The van der Waals surface area contributed by atoms with Gasteiger partial charge in [-0.2, -0.15) is 0 Å². The summed E-state index contributed by atoms with van der Waals surface area (Å²) >= 11 is 0. The van der Waals surface area contributed by atoms with E-state index in [1.807, 2.05) is 44.2 Å². The fourth-order valence-corrected chi connectivity index (χ4v) is 2.49. The number of amides is 2. The Morgan fingerprint density at radius 3 is 2.15 bits per heavy atom. The largest absolute Gasteiger partial charge is 0.425 e. The smallest absolute Gasteiger partial charge is 0.334 e. The zero-order valence-corrected chi connectivity index (χ0v) is 15.7. The van der Waals surface area contributed by atoms with E-state index in [0.717, 1.165) is 5.56 Å². The van der Waals surface area contributed by atoms with Crippen molar-refractivity contribution in [1.29, 1.82) is 0 Å². The Morgan fingerprint density at radius 2 is 1.59 bits per heavy atom. The number of carbonyl (C=O) groups excluding carboxylic acids is 3. The van der Waals surface area contributed by atoms with E-state index in [4.69, 9.17) is 4.74 Å². The fraction of sp³-hybridized carbons (Fsp3) is 0.286. The summed E-state index contributed by atoms with van der Waals surface area (Å²) in [5, 5.41) is 5.39. The molecule has 0 spiro atoms. The molecule has 0 aliphatic heterocycles. The van der Waals surface area contributed by atoms with Crippen LogP contribution in [-0.2, 0) is 20.8 Å². The minimum atomic E-state index is -0.753. The molecule has 2 aromatic rings. The molecule has 6 nitrogen and oxygen atoms in total. The van der Waals surface area contributed by atoms with Crippen LogP contribution in [0, 0.1) is 5.92 Å². The van der Waals surface area contributed by atoms with Crippen LogP contribution in [0.5, 0.6) is 5.75 Å². The summed E-state index contributed by atoms with van der Waals surface area (Å²) in [4.78, 5) is 35.8. The van der Waals surface area contributed by atoms with Gasteiger partial charge < -0.3 is 15.4 Å². The predicted octanol–water partition coefficient (Wildman–Crippen LogP) is 2.93. The van der Waals surface area contributed by atoms with Gasteiger partial charge in [0.1, 0.15) is 11.8 Å². The third-order valence-corrected chi connectivity index (χ3v) is 3.84. The fourth-order valence-electron chi connectivity index (χ4n) is 2.49. The SMILES string of the molecule is CC(=O)Nc1ccc(OC(=O)[C@@H](NC(=O)Cc2ccccc2)C(C)C)cc1. The minimum Gasteiger partial charge on any atom is -0.425 e. The number of carbonyl (C=O) groups is 3. The molecule has 2 aromatic carbocycles. The van der Waals surface area contributed by atoms with Crippen molar-refractivity contribution in [3.05, 3.63) is 60.2 Å². The van der Waals surface area contributed by atoms with Gasteiger partial charge in [-0.1, -0.05) is 44.2 Å². The van der Waals surface area contributed by atoms with Crippen molar-refractivity contribution in [2.45, 2.75) is 33.2 Å². The third kappa shape index (κ3) is 6.58. The molecule has 142 valence electrons. The van der Waals surface area contributed by atoms with Crippen LogP contribution < -0.4 is 15.4 Å². The summed E-state index contributed by atoms with van der Waals surface area (Å²) in [6.07, 6.45) is 0.197. The molecule has 27 heavy (non-hydrogen) atoms. The Morgan fingerprint density at radius 1 is 0.963 bits per heavy atom. The van der Waals surface area contributed by atoms with Crippen LogP contribution >= 0.6 is 0 Å². The monoisotopic (exact) mass is 368 g/mol. The first-order chi connectivity index (χ1) is 12.8. The van der Waals surface area contributed by atoms with Crippen molar-refractivity contribution in [1.82, 2.24) is 5.32 Å². The lowest BCUT2D eigenvalue weighted by molar-refractivity contribution is -0.140. The van der Waals surface area contributed by atoms with Crippen LogP contribution in [0.15, 0.2) is 54.6 Å². The van der Waals surface area contributed by atoms with Crippen molar-refractivity contribution < 1.29 is 19.1 Å². The lowest BCUT2D eigenvalue weighted by atomic mass is 10.0. The molecular formula is C21H24N2O4. The summed E-state index contributed by atoms with van der Waals surface area (Å²) in [7, 11) is 0. The minimum absolute atomic E-state index is 0.129. The number of esters is 1. The highest BCUT2D eigenvalue weighted by atomic mass is 16.5. The van der Waals surface area contributed by atoms with E-state index in [1.54, 1.807) is 24.3 Å². The van der Waals surface area contributed by atoms with Gasteiger partial charge in [0.25, 0.3) is 0 Å². The van der Waals surface area contributed by atoms with Crippen LogP contribution in [0.3, 0.4) is 0 Å². The second kappa shape index (κ2) is 9.52. The molecule has 0 fully saturated rings. The summed E-state index contributed by atoms with van der Waals surface area (Å²) in [5.74, 6) is -0.731. The van der Waals surface area contributed by atoms with E-state index in [-0.39, 0.29) is 24.2 Å². The zero-order chi connectivity index (χ0) is 19.8. The molecule has 0 unspecified atom stereocenters. The second-order valence-corrected chi connectivity index (χ2v) is 6.58. The molecule has 0 saturated heterocycles. The average molecular weight is 368 g/mol. The van der Waals surface area contributed by atoms with Crippen molar-refractivity contribution in [2.24, 2.45) is 5.92 Å². The number of ether oxygens (including phenoxy) is 1. The van der Waals surface area contributed by atoms with E-state index in [9.17, 15) is 14.4 Å². The van der Waals surface area contributed by atoms with Gasteiger partial charge in [-0.3, -0.25) is 9.59 Å². The lowest BCUT2D eigenvalue weighted by Crippen LogP contribution is -2.46. The molecule has 2 N–H and O–H groups in total. The van der Waals surface area contributed by atoms with Gasteiger partial charge in [-0.05, 0) is 35.7 Å². The van der Waals surface area contributed by atoms with E-state index in [0.29, 0.717) is 11.4 Å².